The highest BCUT2D eigenvalue weighted by molar-refractivity contribution is 7.12. The average Bonchev–Trinajstić information content (AvgIpc) is 2.65. The molecular formula is C15H18OS. The van der Waals surface area contributed by atoms with Crippen molar-refractivity contribution < 1.29 is 5.11 Å². The van der Waals surface area contributed by atoms with Gasteiger partial charge in [-0.05, 0) is 38.5 Å². The summed E-state index contributed by atoms with van der Waals surface area (Å²) in [6.07, 6.45) is 0.661. The molecule has 1 unspecified atom stereocenters. The number of aryl methyl sites for hydroxylation is 2. The van der Waals surface area contributed by atoms with Crippen LogP contribution in [0.5, 0.6) is 0 Å². The minimum Gasteiger partial charge on any atom is -0.384 e. The maximum atomic E-state index is 10.6. The lowest BCUT2D eigenvalue weighted by molar-refractivity contribution is 0.0615. The van der Waals surface area contributed by atoms with E-state index in [0.717, 1.165) is 4.88 Å². The molecule has 0 aliphatic rings. The molecular weight excluding hydrogens is 228 g/mol. The first-order valence-electron chi connectivity index (χ1n) is 5.82. The lowest BCUT2D eigenvalue weighted by Gasteiger charge is -2.22. The van der Waals surface area contributed by atoms with E-state index in [1.807, 2.05) is 19.1 Å². The van der Waals surface area contributed by atoms with Gasteiger partial charge in [0.1, 0.15) is 0 Å². The van der Waals surface area contributed by atoms with Crippen LogP contribution in [-0.2, 0) is 12.0 Å². The highest BCUT2D eigenvalue weighted by atomic mass is 32.1. The summed E-state index contributed by atoms with van der Waals surface area (Å²) in [6.45, 7) is 6.03. The monoisotopic (exact) mass is 246 g/mol. The summed E-state index contributed by atoms with van der Waals surface area (Å²) in [5.74, 6) is 0. The molecule has 1 aromatic heterocycles. The number of hydrogen-bond donors (Lipinski definition) is 1. The van der Waals surface area contributed by atoms with Crippen LogP contribution in [0.15, 0.2) is 36.4 Å². The van der Waals surface area contributed by atoms with E-state index in [9.17, 15) is 5.11 Å². The summed E-state index contributed by atoms with van der Waals surface area (Å²) < 4.78 is 0. The summed E-state index contributed by atoms with van der Waals surface area (Å²) in [5, 5.41) is 10.6. The average molecular weight is 246 g/mol. The molecule has 2 rings (SSSR count). The van der Waals surface area contributed by atoms with Gasteiger partial charge in [-0.1, -0.05) is 29.8 Å². The number of benzene rings is 1. The van der Waals surface area contributed by atoms with Crippen LogP contribution in [0.2, 0.25) is 0 Å². The van der Waals surface area contributed by atoms with E-state index in [1.165, 1.54) is 16.0 Å². The highest BCUT2D eigenvalue weighted by Crippen LogP contribution is 2.31. The Kier molecular flexibility index (Phi) is 3.36. The molecule has 0 spiro atoms. The zero-order valence-electron chi connectivity index (χ0n) is 10.5. The van der Waals surface area contributed by atoms with Crippen LogP contribution < -0.4 is 0 Å². The van der Waals surface area contributed by atoms with Crippen molar-refractivity contribution in [3.63, 3.8) is 0 Å². The molecule has 1 atom stereocenters. The lowest BCUT2D eigenvalue weighted by atomic mass is 9.94. The van der Waals surface area contributed by atoms with Gasteiger partial charge in [-0.3, -0.25) is 0 Å². The predicted molar refractivity (Wildman–Crippen MR) is 73.5 cm³/mol. The van der Waals surface area contributed by atoms with Crippen LogP contribution in [0, 0.1) is 13.8 Å². The van der Waals surface area contributed by atoms with Crippen molar-refractivity contribution in [2.75, 3.05) is 0 Å². The summed E-state index contributed by atoms with van der Waals surface area (Å²) in [6, 6.07) is 12.4. The van der Waals surface area contributed by atoms with Crippen molar-refractivity contribution in [1.29, 1.82) is 0 Å². The molecule has 2 aromatic rings. The Morgan fingerprint density at radius 3 is 2.53 bits per heavy atom. The van der Waals surface area contributed by atoms with E-state index >= 15 is 0 Å². The van der Waals surface area contributed by atoms with Gasteiger partial charge in [0, 0.05) is 16.2 Å². The molecule has 0 radical (unpaired) electrons. The van der Waals surface area contributed by atoms with Crippen molar-refractivity contribution >= 4 is 11.3 Å². The van der Waals surface area contributed by atoms with E-state index in [2.05, 4.69) is 38.1 Å². The van der Waals surface area contributed by atoms with Crippen LogP contribution >= 0.6 is 11.3 Å². The summed E-state index contributed by atoms with van der Waals surface area (Å²) in [5.41, 5.74) is 1.65. The van der Waals surface area contributed by atoms with E-state index in [1.54, 1.807) is 11.3 Å². The second-order valence-electron chi connectivity index (χ2n) is 4.85. The molecule has 0 saturated heterocycles. The molecule has 1 aromatic carbocycles. The van der Waals surface area contributed by atoms with E-state index in [-0.39, 0.29) is 0 Å². The molecule has 0 amide bonds. The van der Waals surface area contributed by atoms with Crippen LogP contribution in [0.3, 0.4) is 0 Å². The first kappa shape index (κ1) is 12.3. The second-order valence-corrected chi connectivity index (χ2v) is 6.14. The summed E-state index contributed by atoms with van der Waals surface area (Å²) >= 11 is 1.67. The predicted octanol–water partition coefficient (Wildman–Crippen LogP) is 3.82. The molecule has 17 heavy (non-hydrogen) atoms. The van der Waals surface area contributed by atoms with Gasteiger partial charge in [0.25, 0.3) is 0 Å². The Hall–Kier alpha value is -1.12. The Bertz CT molecular complexity index is 511. The third kappa shape index (κ3) is 2.96. The van der Waals surface area contributed by atoms with Gasteiger partial charge in [0.2, 0.25) is 0 Å². The van der Waals surface area contributed by atoms with Crippen molar-refractivity contribution in [2.45, 2.75) is 32.8 Å². The van der Waals surface area contributed by atoms with Crippen molar-refractivity contribution in [3.05, 3.63) is 57.3 Å². The Labute approximate surface area is 107 Å². The zero-order chi connectivity index (χ0) is 12.5. The van der Waals surface area contributed by atoms with Gasteiger partial charge in [0.05, 0.1) is 5.60 Å². The minimum atomic E-state index is -0.771. The van der Waals surface area contributed by atoms with Gasteiger partial charge in [-0.25, -0.2) is 0 Å². The SMILES string of the molecule is Cc1cccc(CC(C)(O)c2ccc(C)s2)c1. The van der Waals surface area contributed by atoms with Crippen LogP contribution in [0.4, 0.5) is 0 Å². The molecule has 0 saturated carbocycles. The topological polar surface area (TPSA) is 20.2 Å². The molecule has 0 aliphatic carbocycles. The molecule has 0 bridgehead atoms. The molecule has 1 heterocycles. The fourth-order valence-electron chi connectivity index (χ4n) is 2.03. The van der Waals surface area contributed by atoms with Crippen molar-refractivity contribution in [3.8, 4) is 0 Å². The molecule has 1 nitrogen and oxygen atoms in total. The standard InChI is InChI=1S/C15H18OS/c1-11-5-4-6-13(9-11)10-15(3,16)14-8-7-12(2)17-14/h4-9,16H,10H2,1-3H3. The number of hydrogen-bond acceptors (Lipinski definition) is 2. The summed E-state index contributed by atoms with van der Waals surface area (Å²) in [7, 11) is 0. The quantitative estimate of drug-likeness (QED) is 0.873. The number of thiophene rings is 1. The molecule has 0 fully saturated rings. The van der Waals surface area contributed by atoms with Gasteiger partial charge in [0.15, 0.2) is 0 Å². The van der Waals surface area contributed by atoms with Gasteiger partial charge in [-0.15, -0.1) is 11.3 Å². The van der Waals surface area contributed by atoms with Crippen molar-refractivity contribution in [2.24, 2.45) is 0 Å². The fraction of sp³-hybridized carbons (Fsp3) is 0.333. The smallest absolute Gasteiger partial charge is 0.1000 e. The van der Waals surface area contributed by atoms with Gasteiger partial charge >= 0.3 is 0 Å². The largest absolute Gasteiger partial charge is 0.384 e. The Morgan fingerprint density at radius 2 is 1.94 bits per heavy atom. The molecule has 2 heteroatoms. The first-order chi connectivity index (χ1) is 7.97. The lowest BCUT2D eigenvalue weighted by Crippen LogP contribution is -2.22. The van der Waals surface area contributed by atoms with Gasteiger partial charge < -0.3 is 5.11 Å². The Balaban J connectivity index is 2.22. The van der Waals surface area contributed by atoms with Crippen LogP contribution in [0.25, 0.3) is 0 Å². The second kappa shape index (κ2) is 4.63. The third-order valence-electron chi connectivity index (χ3n) is 2.90. The highest BCUT2D eigenvalue weighted by Gasteiger charge is 2.25. The summed E-state index contributed by atoms with van der Waals surface area (Å²) in [4.78, 5) is 2.28. The number of aliphatic hydroxyl groups is 1. The normalized spacial score (nSPS) is 14.6. The molecule has 1 N–H and O–H groups in total. The maximum absolute atomic E-state index is 10.6. The van der Waals surface area contributed by atoms with Gasteiger partial charge in [-0.2, -0.15) is 0 Å². The van der Waals surface area contributed by atoms with E-state index in [0.29, 0.717) is 6.42 Å². The fourth-order valence-corrected chi connectivity index (χ4v) is 2.94. The zero-order valence-corrected chi connectivity index (χ0v) is 11.3. The first-order valence-corrected chi connectivity index (χ1v) is 6.64. The maximum Gasteiger partial charge on any atom is 0.1000 e. The number of rotatable bonds is 3. The van der Waals surface area contributed by atoms with E-state index < -0.39 is 5.60 Å². The van der Waals surface area contributed by atoms with E-state index in [4.69, 9.17) is 0 Å². The molecule has 0 aliphatic heterocycles. The Morgan fingerprint density at radius 1 is 1.18 bits per heavy atom. The minimum absolute atomic E-state index is 0.661. The van der Waals surface area contributed by atoms with Crippen LogP contribution in [-0.4, -0.2) is 5.11 Å². The third-order valence-corrected chi connectivity index (χ3v) is 4.16. The van der Waals surface area contributed by atoms with Crippen molar-refractivity contribution in [1.82, 2.24) is 0 Å². The molecule has 90 valence electrons. The van der Waals surface area contributed by atoms with Crippen LogP contribution in [0.1, 0.15) is 27.8 Å².